The van der Waals surface area contributed by atoms with Gasteiger partial charge in [0.25, 0.3) is 0 Å². The van der Waals surface area contributed by atoms with Crippen molar-refractivity contribution in [1.82, 2.24) is 15.5 Å². The maximum atomic E-state index is 11.6. The van der Waals surface area contributed by atoms with E-state index in [1.807, 2.05) is 0 Å². The lowest BCUT2D eigenvalue weighted by Crippen LogP contribution is -2.36. The highest BCUT2D eigenvalue weighted by molar-refractivity contribution is 5.85. The van der Waals surface area contributed by atoms with Crippen molar-refractivity contribution < 1.29 is 4.79 Å². The number of carbonyl (C=O) groups excluding carboxylic acids is 1. The number of amides is 1. The molecular formula is C13H29Cl2N3O. The van der Waals surface area contributed by atoms with Gasteiger partial charge in [-0.3, -0.25) is 4.79 Å². The molecule has 116 valence electrons. The fourth-order valence-corrected chi connectivity index (χ4v) is 2.01. The summed E-state index contributed by atoms with van der Waals surface area (Å²) in [5, 5.41) is 6.32. The van der Waals surface area contributed by atoms with Gasteiger partial charge < -0.3 is 15.5 Å². The average Bonchev–Trinajstić information content (AvgIpc) is 2.78. The van der Waals surface area contributed by atoms with E-state index in [0.717, 1.165) is 32.6 Å². The molecule has 0 spiro atoms. The van der Waals surface area contributed by atoms with Gasteiger partial charge in [-0.05, 0) is 52.7 Å². The molecule has 2 N–H and O–H groups in total. The molecule has 0 saturated carbocycles. The Morgan fingerprint density at radius 3 is 2.63 bits per heavy atom. The quantitative estimate of drug-likeness (QED) is 0.751. The van der Waals surface area contributed by atoms with Crippen molar-refractivity contribution in [2.24, 2.45) is 5.92 Å². The van der Waals surface area contributed by atoms with Crippen LogP contribution in [0.4, 0.5) is 0 Å². The highest BCUT2D eigenvalue weighted by atomic mass is 35.5. The van der Waals surface area contributed by atoms with E-state index in [2.05, 4.69) is 36.4 Å². The fraction of sp³-hybridized carbons (Fsp3) is 0.923. The monoisotopic (exact) mass is 313 g/mol. The summed E-state index contributed by atoms with van der Waals surface area (Å²) in [6.07, 6.45) is 2.93. The van der Waals surface area contributed by atoms with E-state index >= 15 is 0 Å². The topological polar surface area (TPSA) is 44.4 Å². The third-order valence-electron chi connectivity index (χ3n) is 3.61. The molecule has 19 heavy (non-hydrogen) atoms. The third kappa shape index (κ3) is 9.50. The lowest BCUT2D eigenvalue weighted by atomic mass is 10.0. The molecule has 0 aromatic heterocycles. The van der Waals surface area contributed by atoms with Gasteiger partial charge in [-0.15, -0.1) is 24.8 Å². The number of hydrogen-bond donors (Lipinski definition) is 2. The van der Waals surface area contributed by atoms with E-state index in [1.54, 1.807) is 0 Å². The molecule has 1 amide bonds. The van der Waals surface area contributed by atoms with Gasteiger partial charge in [0.1, 0.15) is 0 Å². The maximum Gasteiger partial charge on any atom is 0.220 e. The Kier molecular flexibility index (Phi) is 13.2. The second-order valence-corrected chi connectivity index (χ2v) is 5.32. The second kappa shape index (κ2) is 11.8. The van der Waals surface area contributed by atoms with Gasteiger partial charge in [-0.25, -0.2) is 0 Å². The van der Waals surface area contributed by atoms with Gasteiger partial charge in [-0.1, -0.05) is 0 Å². The van der Waals surface area contributed by atoms with Crippen molar-refractivity contribution in [3.8, 4) is 0 Å². The Bertz CT molecular complexity index is 234. The van der Waals surface area contributed by atoms with Crippen molar-refractivity contribution in [1.29, 1.82) is 0 Å². The smallest absolute Gasteiger partial charge is 0.220 e. The average molecular weight is 314 g/mol. The SMILES string of the molecule is CC(C)N(C)CCNC(=O)CCC1CCNC1.Cl.Cl. The lowest BCUT2D eigenvalue weighted by Gasteiger charge is -2.20. The Balaban J connectivity index is 0. The minimum Gasteiger partial charge on any atom is -0.355 e. The molecule has 1 atom stereocenters. The van der Waals surface area contributed by atoms with Gasteiger partial charge in [-0.2, -0.15) is 0 Å². The number of hydrogen-bond acceptors (Lipinski definition) is 3. The highest BCUT2D eigenvalue weighted by Crippen LogP contribution is 2.13. The molecule has 1 aliphatic heterocycles. The first-order valence-electron chi connectivity index (χ1n) is 6.77. The van der Waals surface area contributed by atoms with Crippen LogP contribution in [0.1, 0.15) is 33.1 Å². The summed E-state index contributed by atoms with van der Waals surface area (Å²) >= 11 is 0. The molecule has 0 radical (unpaired) electrons. The zero-order valence-electron chi connectivity index (χ0n) is 12.3. The summed E-state index contributed by atoms with van der Waals surface area (Å²) < 4.78 is 0. The molecule has 1 aliphatic rings. The summed E-state index contributed by atoms with van der Waals surface area (Å²) in [5.41, 5.74) is 0. The predicted octanol–water partition coefficient (Wildman–Crippen LogP) is 1.68. The number of carbonyl (C=O) groups is 1. The largest absolute Gasteiger partial charge is 0.355 e. The van der Waals surface area contributed by atoms with Crippen molar-refractivity contribution >= 4 is 30.7 Å². The van der Waals surface area contributed by atoms with Crippen molar-refractivity contribution in [3.63, 3.8) is 0 Å². The molecule has 1 rings (SSSR count). The zero-order valence-corrected chi connectivity index (χ0v) is 13.9. The van der Waals surface area contributed by atoms with E-state index in [0.29, 0.717) is 18.4 Å². The molecule has 0 aromatic carbocycles. The van der Waals surface area contributed by atoms with Crippen LogP contribution < -0.4 is 10.6 Å². The number of likely N-dealkylation sites (N-methyl/N-ethyl adjacent to an activating group) is 1. The lowest BCUT2D eigenvalue weighted by molar-refractivity contribution is -0.121. The maximum absolute atomic E-state index is 11.6. The van der Waals surface area contributed by atoms with Gasteiger partial charge in [0.2, 0.25) is 5.91 Å². The van der Waals surface area contributed by atoms with Gasteiger partial charge >= 0.3 is 0 Å². The van der Waals surface area contributed by atoms with Gasteiger partial charge in [0, 0.05) is 25.6 Å². The molecule has 1 saturated heterocycles. The van der Waals surface area contributed by atoms with E-state index in [4.69, 9.17) is 0 Å². The molecule has 1 fully saturated rings. The molecule has 0 bridgehead atoms. The van der Waals surface area contributed by atoms with Crippen molar-refractivity contribution in [2.75, 3.05) is 33.2 Å². The number of rotatable bonds is 7. The fourth-order valence-electron chi connectivity index (χ4n) is 2.01. The third-order valence-corrected chi connectivity index (χ3v) is 3.61. The Morgan fingerprint density at radius 2 is 2.11 bits per heavy atom. The van der Waals surface area contributed by atoms with E-state index in [9.17, 15) is 4.79 Å². The Labute approximate surface area is 129 Å². The highest BCUT2D eigenvalue weighted by Gasteiger charge is 2.15. The van der Waals surface area contributed by atoms with E-state index < -0.39 is 0 Å². The van der Waals surface area contributed by atoms with Crippen LogP contribution in [-0.4, -0.2) is 50.1 Å². The van der Waals surface area contributed by atoms with Crippen LogP contribution >= 0.6 is 24.8 Å². The number of nitrogens with one attached hydrogen (secondary N) is 2. The van der Waals surface area contributed by atoms with Crippen LogP contribution in [0.2, 0.25) is 0 Å². The van der Waals surface area contributed by atoms with Crippen LogP contribution in [-0.2, 0) is 4.79 Å². The standard InChI is InChI=1S/C13H27N3O.2ClH/c1-11(2)16(3)9-8-15-13(17)5-4-12-6-7-14-10-12;;/h11-12,14H,4-10H2,1-3H3,(H,15,17);2*1H. The first-order chi connectivity index (χ1) is 8.09. The van der Waals surface area contributed by atoms with Crippen molar-refractivity contribution in [3.05, 3.63) is 0 Å². The van der Waals surface area contributed by atoms with Gasteiger partial charge in [0.05, 0.1) is 0 Å². The zero-order chi connectivity index (χ0) is 12.7. The molecule has 0 aromatic rings. The van der Waals surface area contributed by atoms with E-state index in [-0.39, 0.29) is 30.7 Å². The van der Waals surface area contributed by atoms with Crippen LogP contribution in [0.5, 0.6) is 0 Å². The summed E-state index contributed by atoms with van der Waals surface area (Å²) in [6.45, 7) is 8.21. The minimum absolute atomic E-state index is 0. The first kappa shape index (κ1) is 21.3. The Hall–Kier alpha value is -0.0300. The van der Waals surface area contributed by atoms with Gasteiger partial charge in [0.15, 0.2) is 0 Å². The predicted molar refractivity (Wildman–Crippen MR) is 85.5 cm³/mol. The van der Waals surface area contributed by atoms with Crippen LogP contribution in [0.25, 0.3) is 0 Å². The second-order valence-electron chi connectivity index (χ2n) is 5.32. The van der Waals surface area contributed by atoms with E-state index in [1.165, 1.54) is 6.42 Å². The molecule has 4 nitrogen and oxygen atoms in total. The summed E-state index contributed by atoms with van der Waals surface area (Å²) in [5.74, 6) is 0.910. The molecule has 1 unspecified atom stereocenters. The molecular weight excluding hydrogens is 285 g/mol. The Morgan fingerprint density at radius 1 is 1.42 bits per heavy atom. The normalized spacial score (nSPS) is 18.1. The summed E-state index contributed by atoms with van der Waals surface area (Å²) in [7, 11) is 2.08. The first-order valence-corrected chi connectivity index (χ1v) is 6.77. The number of halogens is 2. The summed E-state index contributed by atoms with van der Waals surface area (Å²) in [6, 6.07) is 0.538. The van der Waals surface area contributed by atoms with Crippen LogP contribution in [0.3, 0.4) is 0 Å². The van der Waals surface area contributed by atoms with Crippen molar-refractivity contribution in [2.45, 2.75) is 39.2 Å². The molecule has 6 heteroatoms. The van der Waals surface area contributed by atoms with Crippen LogP contribution in [0, 0.1) is 5.92 Å². The van der Waals surface area contributed by atoms with Crippen LogP contribution in [0.15, 0.2) is 0 Å². The minimum atomic E-state index is 0. The molecule has 0 aliphatic carbocycles. The molecule has 1 heterocycles. The summed E-state index contributed by atoms with van der Waals surface area (Å²) in [4.78, 5) is 13.8. The number of nitrogens with zero attached hydrogens (tertiary/aromatic N) is 1.